The van der Waals surface area contributed by atoms with Gasteiger partial charge >= 0.3 is 0 Å². The maximum absolute atomic E-state index is 13.4. The number of hydrogen-bond acceptors (Lipinski definition) is 2. The number of benzene rings is 1. The van der Waals surface area contributed by atoms with E-state index in [4.69, 9.17) is 11.6 Å². The van der Waals surface area contributed by atoms with Gasteiger partial charge < -0.3 is 10.4 Å². The van der Waals surface area contributed by atoms with E-state index in [1.807, 2.05) is 0 Å². The highest BCUT2D eigenvalue weighted by Crippen LogP contribution is 2.28. The van der Waals surface area contributed by atoms with Crippen molar-refractivity contribution in [3.05, 3.63) is 26.9 Å². The first kappa shape index (κ1) is 13.2. The van der Waals surface area contributed by atoms with Crippen LogP contribution >= 0.6 is 43.5 Å². The summed E-state index contributed by atoms with van der Waals surface area (Å²) in [5.41, 5.74) is 0.328. The fourth-order valence-corrected chi connectivity index (χ4v) is 1.71. The van der Waals surface area contributed by atoms with E-state index in [-0.39, 0.29) is 18.2 Å². The van der Waals surface area contributed by atoms with Crippen molar-refractivity contribution in [2.24, 2.45) is 0 Å². The van der Waals surface area contributed by atoms with Gasteiger partial charge in [-0.2, -0.15) is 0 Å². The Morgan fingerprint density at radius 2 is 2.00 bits per heavy atom. The van der Waals surface area contributed by atoms with Crippen LogP contribution in [0.1, 0.15) is 0 Å². The summed E-state index contributed by atoms with van der Waals surface area (Å²) in [7, 11) is 0. The van der Waals surface area contributed by atoms with Gasteiger partial charge in [-0.05, 0) is 44.0 Å². The first-order valence-corrected chi connectivity index (χ1v) is 6.29. The van der Waals surface area contributed by atoms with Gasteiger partial charge in [0.05, 0.1) is 17.7 Å². The molecule has 0 bridgehead atoms. The second kappa shape index (κ2) is 6.03. The van der Waals surface area contributed by atoms with Crippen molar-refractivity contribution in [2.75, 3.05) is 17.7 Å². The number of nitrogens with one attached hydrogen (secondary N) is 1. The minimum Gasteiger partial charge on any atom is -0.390 e. The minimum absolute atomic E-state index is 0.117. The van der Waals surface area contributed by atoms with E-state index < -0.39 is 6.10 Å². The molecule has 0 radical (unpaired) electrons. The second-order valence-electron chi connectivity index (χ2n) is 2.94. The average Bonchev–Trinajstić information content (AvgIpc) is 2.21. The second-order valence-corrected chi connectivity index (χ2v) is 4.95. The fraction of sp³-hybridized carbons (Fsp3) is 0.333. The van der Waals surface area contributed by atoms with Crippen molar-refractivity contribution in [1.29, 1.82) is 0 Å². The Morgan fingerprint density at radius 3 is 2.60 bits per heavy atom. The molecular formula is C9H9Br2ClFNO. The summed E-state index contributed by atoms with van der Waals surface area (Å²) in [4.78, 5) is 0. The van der Waals surface area contributed by atoms with Crippen LogP contribution in [-0.2, 0) is 0 Å². The van der Waals surface area contributed by atoms with Crippen LogP contribution < -0.4 is 5.32 Å². The van der Waals surface area contributed by atoms with Crippen LogP contribution in [0.5, 0.6) is 0 Å². The van der Waals surface area contributed by atoms with Crippen molar-refractivity contribution in [1.82, 2.24) is 0 Å². The Hall–Kier alpha value is 0.160. The van der Waals surface area contributed by atoms with Gasteiger partial charge in [-0.1, -0.05) is 0 Å². The Morgan fingerprint density at radius 1 is 1.40 bits per heavy atom. The molecule has 0 fully saturated rings. The van der Waals surface area contributed by atoms with Gasteiger partial charge in [0.1, 0.15) is 5.82 Å². The Kier molecular flexibility index (Phi) is 5.32. The van der Waals surface area contributed by atoms with Crippen molar-refractivity contribution < 1.29 is 9.50 Å². The van der Waals surface area contributed by atoms with Gasteiger partial charge in [-0.3, -0.25) is 0 Å². The molecule has 0 aliphatic rings. The van der Waals surface area contributed by atoms with E-state index in [1.165, 1.54) is 6.07 Å². The molecular weight excluding hydrogens is 352 g/mol. The third kappa shape index (κ3) is 3.90. The summed E-state index contributed by atoms with van der Waals surface area (Å²) in [5.74, 6) is -0.265. The molecule has 1 aromatic rings. The zero-order valence-corrected chi connectivity index (χ0v) is 11.5. The van der Waals surface area contributed by atoms with Crippen LogP contribution in [0.15, 0.2) is 21.1 Å². The molecule has 1 unspecified atom stereocenters. The van der Waals surface area contributed by atoms with Gasteiger partial charge in [0.15, 0.2) is 0 Å². The summed E-state index contributed by atoms with van der Waals surface area (Å²) in [6.07, 6.45) is -0.687. The zero-order valence-electron chi connectivity index (χ0n) is 7.61. The molecule has 0 spiro atoms. The van der Waals surface area contributed by atoms with Crippen LogP contribution in [-0.4, -0.2) is 23.6 Å². The standard InChI is InChI=1S/C9H9Br2ClFNO/c10-6-1-8(13)9(2-7(6)11)14-4-5(15)3-12/h1-2,5,14-15H,3-4H2. The molecule has 1 rings (SSSR count). The lowest BCUT2D eigenvalue weighted by Gasteiger charge is -2.11. The van der Waals surface area contributed by atoms with E-state index in [2.05, 4.69) is 37.2 Å². The van der Waals surface area contributed by atoms with Crippen molar-refractivity contribution >= 4 is 49.1 Å². The SMILES string of the molecule is OC(CCl)CNc1cc(Br)c(Br)cc1F. The Labute approximate surface area is 109 Å². The fourth-order valence-electron chi connectivity index (χ4n) is 0.940. The number of anilines is 1. The first-order valence-electron chi connectivity index (χ1n) is 4.17. The molecule has 0 saturated carbocycles. The minimum atomic E-state index is -0.687. The first-order chi connectivity index (χ1) is 7.04. The van der Waals surface area contributed by atoms with Gasteiger partial charge in [0.2, 0.25) is 0 Å². The lowest BCUT2D eigenvalue weighted by Crippen LogP contribution is -2.21. The van der Waals surface area contributed by atoms with Gasteiger partial charge in [0.25, 0.3) is 0 Å². The van der Waals surface area contributed by atoms with Crippen molar-refractivity contribution in [3.63, 3.8) is 0 Å². The van der Waals surface area contributed by atoms with E-state index in [9.17, 15) is 9.50 Å². The smallest absolute Gasteiger partial charge is 0.147 e. The zero-order chi connectivity index (χ0) is 11.4. The van der Waals surface area contributed by atoms with Crippen LogP contribution in [0.3, 0.4) is 0 Å². The number of alkyl halides is 1. The van der Waals surface area contributed by atoms with Gasteiger partial charge in [-0.15, -0.1) is 11.6 Å². The van der Waals surface area contributed by atoms with Crippen LogP contribution in [0.4, 0.5) is 10.1 Å². The monoisotopic (exact) mass is 359 g/mol. The molecule has 0 heterocycles. The van der Waals surface area contributed by atoms with Crippen LogP contribution in [0, 0.1) is 5.82 Å². The average molecular weight is 361 g/mol. The summed E-state index contributed by atoms with van der Waals surface area (Å²) in [5, 5.41) is 12.0. The highest BCUT2D eigenvalue weighted by Gasteiger charge is 2.08. The molecule has 0 aliphatic heterocycles. The number of aliphatic hydroxyl groups excluding tert-OH is 1. The normalized spacial score (nSPS) is 12.6. The molecule has 0 aliphatic carbocycles. The lowest BCUT2D eigenvalue weighted by molar-refractivity contribution is 0.211. The molecule has 2 nitrogen and oxygen atoms in total. The maximum Gasteiger partial charge on any atom is 0.147 e. The molecule has 0 aromatic heterocycles. The number of hydrogen-bond donors (Lipinski definition) is 2. The molecule has 0 amide bonds. The molecule has 0 saturated heterocycles. The molecule has 84 valence electrons. The Bertz CT molecular complexity index is 351. The van der Waals surface area contributed by atoms with Gasteiger partial charge in [0, 0.05) is 15.5 Å². The highest BCUT2D eigenvalue weighted by molar-refractivity contribution is 9.13. The molecule has 15 heavy (non-hydrogen) atoms. The predicted molar refractivity (Wildman–Crippen MR) is 67.0 cm³/mol. The van der Waals surface area contributed by atoms with E-state index in [1.54, 1.807) is 6.07 Å². The number of halogens is 4. The summed E-state index contributed by atoms with van der Waals surface area (Å²) in [6, 6.07) is 2.94. The number of aliphatic hydroxyl groups is 1. The van der Waals surface area contributed by atoms with Crippen LogP contribution in [0.2, 0.25) is 0 Å². The van der Waals surface area contributed by atoms with E-state index >= 15 is 0 Å². The third-order valence-corrected chi connectivity index (χ3v) is 3.92. The topological polar surface area (TPSA) is 32.3 Å². The van der Waals surface area contributed by atoms with Crippen LogP contribution in [0.25, 0.3) is 0 Å². The summed E-state index contributed by atoms with van der Waals surface area (Å²) >= 11 is 11.9. The van der Waals surface area contributed by atoms with E-state index in [0.717, 1.165) is 4.47 Å². The molecule has 6 heteroatoms. The Balaban J connectivity index is 2.73. The highest BCUT2D eigenvalue weighted by atomic mass is 79.9. The van der Waals surface area contributed by atoms with E-state index in [0.29, 0.717) is 10.2 Å². The third-order valence-electron chi connectivity index (χ3n) is 1.72. The molecule has 2 N–H and O–H groups in total. The van der Waals surface area contributed by atoms with Crippen molar-refractivity contribution in [3.8, 4) is 0 Å². The molecule has 1 aromatic carbocycles. The van der Waals surface area contributed by atoms with Gasteiger partial charge in [-0.25, -0.2) is 4.39 Å². The molecule has 1 atom stereocenters. The van der Waals surface area contributed by atoms with Crippen molar-refractivity contribution in [2.45, 2.75) is 6.10 Å². The quantitative estimate of drug-likeness (QED) is 0.637. The lowest BCUT2D eigenvalue weighted by atomic mass is 10.3. The summed E-state index contributed by atoms with van der Waals surface area (Å²) < 4.78 is 14.7. The maximum atomic E-state index is 13.4. The predicted octanol–water partition coefficient (Wildman–Crippen LogP) is 3.36. The number of rotatable bonds is 4. The largest absolute Gasteiger partial charge is 0.390 e. The summed E-state index contributed by atoms with van der Waals surface area (Å²) in [6.45, 7) is 0.217.